The summed E-state index contributed by atoms with van der Waals surface area (Å²) in [5.74, 6) is -0.316. The Balaban J connectivity index is 2.65. The molecule has 0 aromatic heterocycles. The number of amides is 1. The highest BCUT2D eigenvalue weighted by Gasteiger charge is 2.32. The van der Waals surface area contributed by atoms with Gasteiger partial charge in [-0.25, -0.2) is 0 Å². The Morgan fingerprint density at radius 3 is 2.33 bits per heavy atom. The van der Waals surface area contributed by atoms with Gasteiger partial charge in [-0.15, -0.1) is 0 Å². The zero-order valence-corrected chi connectivity index (χ0v) is 12.7. The summed E-state index contributed by atoms with van der Waals surface area (Å²) in [6, 6.07) is 3.79. The first-order chi connectivity index (χ1) is 9.49. The highest BCUT2D eigenvalue weighted by atomic mass is 19.4. The number of nitrogens with one attached hydrogen (secondary N) is 2. The molecule has 0 aliphatic carbocycles. The van der Waals surface area contributed by atoms with E-state index < -0.39 is 11.7 Å². The summed E-state index contributed by atoms with van der Waals surface area (Å²) in [7, 11) is 0. The van der Waals surface area contributed by atoms with Crippen LogP contribution in [0.15, 0.2) is 18.2 Å². The zero-order valence-electron chi connectivity index (χ0n) is 12.7. The molecule has 3 nitrogen and oxygen atoms in total. The van der Waals surface area contributed by atoms with E-state index in [1.54, 1.807) is 0 Å². The lowest BCUT2D eigenvalue weighted by Gasteiger charge is -2.20. The minimum absolute atomic E-state index is 0.104. The second-order valence-corrected chi connectivity index (χ2v) is 6.00. The number of benzene rings is 1. The highest BCUT2D eigenvalue weighted by Crippen LogP contribution is 2.33. The summed E-state index contributed by atoms with van der Waals surface area (Å²) in [6.45, 7) is 7.77. The second kappa shape index (κ2) is 6.47. The number of hydrogen-bond donors (Lipinski definition) is 2. The van der Waals surface area contributed by atoms with Crippen LogP contribution in [0.3, 0.4) is 0 Å². The van der Waals surface area contributed by atoms with E-state index in [-0.39, 0.29) is 29.1 Å². The monoisotopic (exact) mass is 302 g/mol. The van der Waals surface area contributed by atoms with Gasteiger partial charge in [-0.1, -0.05) is 6.07 Å². The third kappa shape index (κ3) is 6.16. The Morgan fingerprint density at radius 1 is 1.19 bits per heavy atom. The van der Waals surface area contributed by atoms with Gasteiger partial charge in [-0.05, 0) is 45.4 Å². The summed E-state index contributed by atoms with van der Waals surface area (Å²) < 4.78 is 38.3. The molecule has 0 heterocycles. The molecule has 1 aromatic carbocycles. The summed E-state index contributed by atoms with van der Waals surface area (Å²) >= 11 is 0. The van der Waals surface area contributed by atoms with Crippen LogP contribution in [0.2, 0.25) is 0 Å². The van der Waals surface area contributed by atoms with E-state index in [1.165, 1.54) is 19.1 Å². The van der Waals surface area contributed by atoms with Gasteiger partial charge in [0.2, 0.25) is 5.91 Å². The average molecular weight is 302 g/mol. The molecule has 2 N–H and O–H groups in total. The van der Waals surface area contributed by atoms with E-state index in [2.05, 4.69) is 10.6 Å². The number of carbonyl (C=O) groups excluding carboxylic acids is 1. The summed E-state index contributed by atoms with van der Waals surface area (Å²) in [5.41, 5.74) is -0.537. The number of alkyl halides is 3. The molecular weight excluding hydrogens is 281 g/mol. The Labute approximate surface area is 122 Å². The van der Waals surface area contributed by atoms with Crippen LogP contribution in [0.5, 0.6) is 0 Å². The fraction of sp³-hybridized carbons (Fsp3) is 0.533. The highest BCUT2D eigenvalue weighted by molar-refractivity contribution is 5.91. The Morgan fingerprint density at radius 2 is 1.81 bits per heavy atom. The van der Waals surface area contributed by atoms with Crippen LogP contribution in [-0.4, -0.2) is 18.0 Å². The average Bonchev–Trinajstić information content (AvgIpc) is 2.28. The molecule has 0 saturated carbocycles. The molecule has 0 atom stereocenters. The predicted molar refractivity (Wildman–Crippen MR) is 77.2 cm³/mol. The molecule has 0 saturated heterocycles. The SMILES string of the molecule is Cc1ccc(NC(=O)CCNC(C)(C)C)cc1C(F)(F)F. The van der Waals surface area contributed by atoms with Crippen molar-refractivity contribution in [3.8, 4) is 0 Å². The number of halogens is 3. The molecule has 21 heavy (non-hydrogen) atoms. The molecular formula is C15H21F3N2O. The van der Waals surface area contributed by atoms with Gasteiger partial charge in [0, 0.05) is 24.2 Å². The Kier molecular flexibility index (Phi) is 5.39. The number of aryl methyl sites for hydroxylation is 1. The molecule has 0 fully saturated rings. The second-order valence-electron chi connectivity index (χ2n) is 6.00. The quantitative estimate of drug-likeness (QED) is 0.890. The lowest BCUT2D eigenvalue weighted by atomic mass is 10.1. The largest absolute Gasteiger partial charge is 0.416 e. The van der Waals surface area contributed by atoms with Crippen molar-refractivity contribution in [2.75, 3.05) is 11.9 Å². The van der Waals surface area contributed by atoms with Crippen molar-refractivity contribution in [3.05, 3.63) is 29.3 Å². The van der Waals surface area contributed by atoms with Gasteiger partial charge in [-0.3, -0.25) is 4.79 Å². The lowest BCUT2D eigenvalue weighted by Crippen LogP contribution is -2.37. The maximum Gasteiger partial charge on any atom is 0.416 e. The Hall–Kier alpha value is -1.56. The van der Waals surface area contributed by atoms with Crippen molar-refractivity contribution in [2.24, 2.45) is 0 Å². The van der Waals surface area contributed by atoms with Crippen molar-refractivity contribution in [1.29, 1.82) is 0 Å². The van der Waals surface area contributed by atoms with E-state index in [0.29, 0.717) is 6.54 Å². The fourth-order valence-corrected chi connectivity index (χ4v) is 1.78. The van der Waals surface area contributed by atoms with Crippen molar-refractivity contribution in [1.82, 2.24) is 5.32 Å². The molecule has 1 amide bonds. The van der Waals surface area contributed by atoms with Gasteiger partial charge in [0.15, 0.2) is 0 Å². The van der Waals surface area contributed by atoms with Crippen LogP contribution in [0.25, 0.3) is 0 Å². The third-order valence-electron chi connectivity index (χ3n) is 2.83. The molecule has 0 radical (unpaired) electrons. The van der Waals surface area contributed by atoms with Gasteiger partial charge >= 0.3 is 6.18 Å². The van der Waals surface area contributed by atoms with Gasteiger partial charge in [-0.2, -0.15) is 13.2 Å². The summed E-state index contributed by atoms with van der Waals surface area (Å²) in [5, 5.41) is 5.63. The molecule has 0 unspecified atom stereocenters. The first kappa shape index (κ1) is 17.5. The van der Waals surface area contributed by atoms with Crippen molar-refractivity contribution in [3.63, 3.8) is 0 Å². The normalized spacial score (nSPS) is 12.3. The number of carbonyl (C=O) groups is 1. The van der Waals surface area contributed by atoms with E-state index in [9.17, 15) is 18.0 Å². The number of hydrogen-bond acceptors (Lipinski definition) is 2. The molecule has 1 aromatic rings. The minimum Gasteiger partial charge on any atom is -0.326 e. The molecule has 118 valence electrons. The number of anilines is 1. The minimum atomic E-state index is -4.42. The molecule has 1 rings (SSSR count). The zero-order chi connectivity index (χ0) is 16.3. The Bertz CT molecular complexity index is 505. The van der Waals surface area contributed by atoms with Gasteiger partial charge in [0.25, 0.3) is 0 Å². The van der Waals surface area contributed by atoms with Crippen LogP contribution in [-0.2, 0) is 11.0 Å². The van der Waals surface area contributed by atoms with E-state index in [4.69, 9.17) is 0 Å². The predicted octanol–water partition coefficient (Wildman–Crippen LogP) is 3.73. The maximum absolute atomic E-state index is 12.8. The number of rotatable bonds is 4. The smallest absolute Gasteiger partial charge is 0.326 e. The third-order valence-corrected chi connectivity index (χ3v) is 2.83. The van der Waals surface area contributed by atoms with Crippen LogP contribution in [0.1, 0.15) is 38.3 Å². The molecule has 6 heteroatoms. The van der Waals surface area contributed by atoms with E-state index in [1.807, 2.05) is 20.8 Å². The van der Waals surface area contributed by atoms with Gasteiger partial charge in [0.1, 0.15) is 0 Å². The summed E-state index contributed by atoms with van der Waals surface area (Å²) in [4.78, 5) is 11.7. The van der Waals surface area contributed by atoms with E-state index >= 15 is 0 Å². The molecule has 0 aliphatic heterocycles. The summed E-state index contributed by atoms with van der Waals surface area (Å²) in [6.07, 6.45) is -4.22. The van der Waals surface area contributed by atoms with Gasteiger partial charge in [0.05, 0.1) is 5.56 Å². The first-order valence-electron chi connectivity index (χ1n) is 6.72. The van der Waals surface area contributed by atoms with Crippen LogP contribution < -0.4 is 10.6 Å². The standard InChI is InChI=1S/C15H21F3N2O/c1-10-5-6-11(9-12(10)15(16,17)18)20-13(21)7-8-19-14(2,3)4/h5-6,9,19H,7-8H2,1-4H3,(H,20,21). The maximum atomic E-state index is 12.8. The molecule has 0 bridgehead atoms. The van der Waals surface area contributed by atoms with Crippen molar-refractivity contribution in [2.45, 2.75) is 45.8 Å². The van der Waals surface area contributed by atoms with Crippen molar-refractivity contribution < 1.29 is 18.0 Å². The van der Waals surface area contributed by atoms with Gasteiger partial charge < -0.3 is 10.6 Å². The van der Waals surface area contributed by atoms with Crippen LogP contribution in [0, 0.1) is 6.92 Å². The lowest BCUT2D eigenvalue weighted by molar-refractivity contribution is -0.138. The fourth-order valence-electron chi connectivity index (χ4n) is 1.78. The van der Waals surface area contributed by atoms with E-state index in [0.717, 1.165) is 6.07 Å². The molecule has 0 aliphatic rings. The molecule has 0 spiro atoms. The van der Waals surface area contributed by atoms with Crippen LogP contribution >= 0.6 is 0 Å². The van der Waals surface area contributed by atoms with Crippen LogP contribution in [0.4, 0.5) is 18.9 Å². The first-order valence-corrected chi connectivity index (χ1v) is 6.72. The van der Waals surface area contributed by atoms with Crippen molar-refractivity contribution >= 4 is 11.6 Å². The topological polar surface area (TPSA) is 41.1 Å².